The molecular weight excluding hydrogens is 238 g/mol. The second-order valence-corrected chi connectivity index (χ2v) is 5.04. The molecule has 106 valence electrons. The van der Waals surface area contributed by atoms with Crippen molar-refractivity contribution in [2.75, 3.05) is 31.7 Å². The zero-order valence-corrected chi connectivity index (χ0v) is 11.9. The van der Waals surface area contributed by atoms with Gasteiger partial charge in [-0.2, -0.15) is 0 Å². The molecule has 0 aromatic heterocycles. The average molecular weight is 263 g/mol. The van der Waals surface area contributed by atoms with Gasteiger partial charge in [-0.3, -0.25) is 0 Å². The number of unbranched alkanes of at least 4 members (excludes halogenated alkanes) is 1. The molecule has 1 atom stereocenters. The topological polar surface area (TPSA) is 30.5 Å². The number of rotatable bonds is 7. The van der Waals surface area contributed by atoms with E-state index in [1.165, 1.54) is 17.7 Å². The first kappa shape index (κ1) is 14.4. The van der Waals surface area contributed by atoms with Crippen LogP contribution in [0.1, 0.15) is 31.7 Å². The van der Waals surface area contributed by atoms with E-state index in [1.54, 1.807) is 0 Å². The molecule has 0 saturated carbocycles. The molecule has 0 radical (unpaired) electrons. The lowest BCUT2D eigenvalue weighted by atomic mass is 10.1. The van der Waals surface area contributed by atoms with E-state index >= 15 is 0 Å². The summed E-state index contributed by atoms with van der Waals surface area (Å²) >= 11 is 0. The zero-order valence-electron chi connectivity index (χ0n) is 11.9. The number of anilines is 1. The summed E-state index contributed by atoms with van der Waals surface area (Å²) in [5.74, 6) is 0. The zero-order chi connectivity index (χ0) is 13.3. The predicted molar refractivity (Wildman–Crippen MR) is 78.7 cm³/mol. The van der Waals surface area contributed by atoms with Crippen LogP contribution >= 0.6 is 0 Å². The minimum atomic E-state index is 0.294. The standard InChI is InChI=1S/C16H25NO2/c1-2-3-10-18-11-12-19-15-9-8-14-6-4-5-7-16(14)17-13-15/h4-7,15,17H,2-3,8-13H2,1H3. The third-order valence-electron chi connectivity index (χ3n) is 3.50. The van der Waals surface area contributed by atoms with Gasteiger partial charge in [0.1, 0.15) is 0 Å². The van der Waals surface area contributed by atoms with Crippen molar-refractivity contribution in [3.8, 4) is 0 Å². The molecule has 1 aromatic carbocycles. The summed E-state index contributed by atoms with van der Waals surface area (Å²) in [5.41, 5.74) is 2.65. The van der Waals surface area contributed by atoms with Crippen LogP contribution in [-0.2, 0) is 15.9 Å². The van der Waals surface area contributed by atoms with Crippen molar-refractivity contribution in [1.82, 2.24) is 0 Å². The van der Waals surface area contributed by atoms with Gasteiger partial charge in [-0.1, -0.05) is 31.5 Å². The molecule has 2 rings (SSSR count). The monoisotopic (exact) mass is 263 g/mol. The molecule has 1 aliphatic heterocycles. The molecule has 1 N–H and O–H groups in total. The number of aryl methyl sites for hydroxylation is 1. The van der Waals surface area contributed by atoms with Crippen LogP contribution in [0, 0.1) is 0 Å². The maximum absolute atomic E-state index is 5.89. The highest BCUT2D eigenvalue weighted by Crippen LogP contribution is 2.21. The molecule has 1 unspecified atom stereocenters. The summed E-state index contributed by atoms with van der Waals surface area (Å²) in [4.78, 5) is 0. The molecule has 0 saturated heterocycles. The van der Waals surface area contributed by atoms with E-state index in [0.29, 0.717) is 19.3 Å². The second kappa shape index (κ2) is 8.18. The Morgan fingerprint density at radius 2 is 2.11 bits per heavy atom. The summed E-state index contributed by atoms with van der Waals surface area (Å²) in [7, 11) is 0. The first-order valence-electron chi connectivity index (χ1n) is 7.41. The number of benzene rings is 1. The Morgan fingerprint density at radius 3 is 3.00 bits per heavy atom. The number of fused-ring (bicyclic) bond motifs is 1. The van der Waals surface area contributed by atoms with Gasteiger partial charge in [0, 0.05) is 18.8 Å². The predicted octanol–water partition coefficient (Wildman–Crippen LogP) is 3.25. The summed E-state index contributed by atoms with van der Waals surface area (Å²) < 4.78 is 11.4. The van der Waals surface area contributed by atoms with E-state index in [-0.39, 0.29) is 0 Å². The van der Waals surface area contributed by atoms with Crippen LogP contribution in [0.5, 0.6) is 0 Å². The maximum atomic E-state index is 5.89. The van der Waals surface area contributed by atoms with E-state index in [2.05, 4.69) is 36.5 Å². The van der Waals surface area contributed by atoms with E-state index in [4.69, 9.17) is 9.47 Å². The Bertz CT molecular complexity index is 341. The minimum Gasteiger partial charge on any atom is -0.382 e. The molecule has 0 fully saturated rings. The Hall–Kier alpha value is -1.06. The Morgan fingerprint density at radius 1 is 1.21 bits per heavy atom. The van der Waals surface area contributed by atoms with Gasteiger partial charge < -0.3 is 14.8 Å². The van der Waals surface area contributed by atoms with E-state index in [1.807, 2.05) is 0 Å². The molecule has 1 aromatic rings. The van der Waals surface area contributed by atoms with Crippen LogP contribution in [0.4, 0.5) is 5.69 Å². The summed E-state index contributed by atoms with van der Waals surface area (Å²) in [6, 6.07) is 8.52. The van der Waals surface area contributed by atoms with Gasteiger partial charge in [0.25, 0.3) is 0 Å². The van der Waals surface area contributed by atoms with Crippen LogP contribution in [0.25, 0.3) is 0 Å². The van der Waals surface area contributed by atoms with Crippen molar-refractivity contribution >= 4 is 5.69 Å². The number of ether oxygens (including phenoxy) is 2. The fraction of sp³-hybridized carbons (Fsp3) is 0.625. The molecular formula is C16H25NO2. The number of hydrogen-bond acceptors (Lipinski definition) is 3. The first-order valence-corrected chi connectivity index (χ1v) is 7.41. The van der Waals surface area contributed by atoms with Crippen LogP contribution in [-0.4, -0.2) is 32.5 Å². The Labute approximate surface area is 116 Å². The highest BCUT2D eigenvalue weighted by atomic mass is 16.5. The SMILES string of the molecule is CCCCOCCOC1CCc2ccccc2NC1. The van der Waals surface area contributed by atoms with Gasteiger partial charge in [-0.15, -0.1) is 0 Å². The van der Waals surface area contributed by atoms with Crippen LogP contribution < -0.4 is 5.32 Å². The first-order chi connectivity index (χ1) is 9.40. The summed E-state index contributed by atoms with van der Waals surface area (Å²) in [5, 5.41) is 3.47. The van der Waals surface area contributed by atoms with Crippen molar-refractivity contribution in [3.05, 3.63) is 29.8 Å². The third kappa shape index (κ3) is 4.84. The van der Waals surface area contributed by atoms with Crippen molar-refractivity contribution < 1.29 is 9.47 Å². The molecule has 3 nitrogen and oxygen atoms in total. The van der Waals surface area contributed by atoms with Crippen molar-refractivity contribution in [3.63, 3.8) is 0 Å². The van der Waals surface area contributed by atoms with Crippen LogP contribution in [0.2, 0.25) is 0 Å². The van der Waals surface area contributed by atoms with E-state index in [0.717, 1.165) is 32.4 Å². The van der Waals surface area contributed by atoms with Crippen molar-refractivity contribution in [2.45, 2.75) is 38.7 Å². The lowest BCUT2D eigenvalue weighted by Gasteiger charge is -2.15. The van der Waals surface area contributed by atoms with Crippen LogP contribution in [0.3, 0.4) is 0 Å². The summed E-state index contributed by atoms with van der Waals surface area (Å²) in [6.07, 6.45) is 4.79. The van der Waals surface area contributed by atoms with Crippen molar-refractivity contribution in [2.24, 2.45) is 0 Å². The quantitative estimate of drug-likeness (QED) is 0.766. The molecule has 0 aliphatic carbocycles. The number of para-hydroxylation sites is 1. The van der Waals surface area contributed by atoms with Gasteiger partial charge in [0.2, 0.25) is 0 Å². The van der Waals surface area contributed by atoms with Gasteiger partial charge in [0.15, 0.2) is 0 Å². The number of hydrogen-bond donors (Lipinski definition) is 1. The highest BCUT2D eigenvalue weighted by Gasteiger charge is 2.15. The Balaban J connectivity index is 1.65. The van der Waals surface area contributed by atoms with Gasteiger partial charge >= 0.3 is 0 Å². The van der Waals surface area contributed by atoms with Gasteiger partial charge in [-0.25, -0.2) is 0 Å². The highest BCUT2D eigenvalue weighted by molar-refractivity contribution is 5.51. The second-order valence-electron chi connectivity index (χ2n) is 5.04. The van der Waals surface area contributed by atoms with E-state index in [9.17, 15) is 0 Å². The third-order valence-corrected chi connectivity index (χ3v) is 3.50. The molecule has 19 heavy (non-hydrogen) atoms. The average Bonchev–Trinajstić information content (AvgIpc) is 2.65. The molecule has 1 heterocycles. The molecule has 0 amide bonds. The van der Waals surface area contributed by atoms with Crippen molar-refractivity contribution in [1.29, 1.82) is 0 Å². The lowest BCUT2D eigenvalue weighted by molar-refractivity contribution is 0.00710. The van der Waals surface area contributed by atoms with Gasteiger partial charge in [0.05, 0.1) is 19.3 Å². The minimum absolute atomic E-state index is 0.294. The molecule has 1 aliphatic rings. The molecule has 0 spiro atoms. The largest absolute Gasteiger partial charge is 0.382 e. The van der Waals surface area contributed by atoms with Crippen LogP contribution in [0.15, 0.2) is 24.3 Å². The van der Waals surface area contributed by atoms with E-state index < -0.39 is 0 Å². The number of nitrogens with one attached hydrogen (secondary N) is 1. The fourth-order valence-corrected chi connectivity index (χ4v) is 2.32. The lowest BCUT2D eigenvalue weighted by Crippen LogP contribution is -2.23. The molecule has 3 heteroatoms. The Kier molecular flexibility index (Phi) is 6.18. The maximum Gasteiger partial charge on any atom is 0.0751 e. The normalized spacial score (nSPS) is 18.5. The smallest absolute Gasteiger partial charge is 0.0751 e. The van der Waals surface area contributed by atoms with Gasteiger partial charge in [-0.05, 0) is 30.9 Å². The fourth-order valence-electron chi connectivity index (χ4n) is 2.32. The summed E-state index contributed by atoms with van der Waals surface area (Å²) in [6.45, 7) is 5.34. The molecule has 0 bridgehead atoms.